The maximum absolute atomic E-state index is 14.4. The maximum Gasteiger partial charge on any atom is 0.407 e. The number of halogens is 3. The molecule has 1 heterocycles. The third-order valence-corrected chi connectivity index (χ3v) is 7.37. The quantitative estimate of drug-likeness (QED) is 0.301. The van der Waals surface area contributed by atoms with Crippen molar-refractivity contribution in [2.24, 2.45) is 0 Å². The van der Waals surface area contributed by atoms with Crippen molar-refractivity contribution in [3.05, 3.63) is 124 Å². The first kappa shape index (κ1) is 26.2. The lowest BCUT2D eigenvalue weighted by molar-refractivity contribution is 0.138. The molecule has 0 aliphatic carbocycles. The Bertz CT molecular complexity index is 1520. The number of benzene rings is 3. The van der Waals surface area contributed by atoms with Crippen molar-refractivity contribution in [2.75, 3.05) is 0 Å². The molecule has 0 saturated carbocycles. The van der Waals surface area contributed by atoms with Gasteiger partial charge in [-0.1, -0.05) is 48.0 Å². The van der Waals surface area contributed by atoms with Crippen LogP contribution in [0.2, 0.25) is 5.02 Å². The summed E-state index contributed by atoms with van der Waals surface area (Å²) in [6, 6.07) is 20.5. The van der Waals surface area contributed by atoms with Crippen molar-refractivity contribution in [3.63, 3.8) is 0 Å². The highest BCUT2D eigenvalue weighted by molar-refractivity contribution is 7.91. The van der Waals surface area contributed by atoms with Crippen molar-refractivity contribution in [3.8, 4) is 0 Å². The fourth-order valence-electron chi connectivity index (χ4n) is 3.50. The van der Waals surface area contributed by atoms with Crippen molar-refractivity contribution in [2.45, 2.75) is 29.5 Å². The predicted molar refractivity (Wildman–Crippen MR) is 134 cm³/mol. The topological polar surface area (TPSA) is 85.4 Å². The number of nitrogens with zero attached hydrogens (tertiary/aromatic N) is 1. The molecule has 0 spiro atoms. The number of amides is 1. The highest BCUT2D eigenvalue weighted by Crippen LogP contribution is 2.24. The number of alkyl carbamates (subject to hydrolysis) is 1. The minimum absolute atomic E-state index is 0.0247. The Balaban J connectivity index is 1.60. The molecule has 3 aromatic carbocycles. The van der Waals surface area contributed by atoms with E-state index in [9.17, 15) is 22.0 Å². The Morgan fingerprint density at radius 2 is 1.65 bits per heavy atom. The van der Waals surface area contributed by atoms with Gasteiger partial charge in [-0.2, -0.15) is 0 Å². The standard InChI is InChI=1S/C27H21ClF2N2O4S/c28-21-7-10-23(11-8-21)37(34,35)26-13-6-19(17-36-27(33)31-16-18-4-2-1-3-5-18)25(32-26)15-20-14-22(29)9-12-24(20)30/h1-14H,15-17H2,(H,31,33). The average molecular weight is 543 g/mol. The highest BCUT2D eigenvalue weighted by Gasteiger charge is 2.22. The Labute approximate surface area is 217 Å². The van der Waals surface area contributed by atoms with Crippen LogP contribution in [-0.4, -0.2) is 19.5 Å². The molecule has 0 saturated heterocycles. The zero-order valence-electron chi connectivity index (χ0n) is 19.3. The van der Waals surface area contributed by atoms with Crippen LogP contribution in [0.25, 0.3) is 0 Å². The van der Waals surface area contributed by atoms with Gasteiger partial charge in [0.25, 0.3) is 0 Å². The van der Waals surface area contributed by atoms with E-state index in [0.717, 1.165) is 23.8 Å². The highest BCUT2D eigenvalue weighted by atomic mass is 35.5. The Hall–Kier alpha value is -3.82. The Morgan fingerprint density at radius 3 is 2.38 bits per heavy atom. The SMILES string of the molecule is O=C(NCc1ccccc1)OCc1ccc(S(=O)(=O)c2ccc(Cl)cc2)nc1Cc1cc(F)ccc1F. The molecule has 0 atom stereocenters. The van der Waals surface area contributed by atoms with Crippen LogP contribution in [0.1, 0.15) is 22.4 Å². The predicted octanol–water partition coefficient (Wildman–Crippen LogP) is 5.86. The normalized spacial score (nSPS) is 11.2. The number of pyridine rings is 1. The molecule has 37 heavy (non-hydrogen) atoms. The van der Waals surface area contributed by atoms with E-state index in [1.54, 1.807) is 0 Å². The first-order valence-corrected chi connectivity index (χ1v) is 13.0. The van der Waals surface area contributed by atoms with Gasteiger partial charge in [0.2, 0.25) is 9.84 Å². The second kappa shape index (κ2) is 11.5. The summed E-state index contributed by atoms with van der Waals surface area (Å²) >= 11 is 5.87. The molecule has 10 heteroatoms. The van der Waals surface area contributed by atoms with Crippen LogP contribution >= 0.6 is 11.6 Å². The lowest BCUT2D eigenvalue weighted by atomic mass is 10.0. The summed E-state index contributed by atoms with van der Waals surface area (Å²) in [7, 11) is -4.03. The molecular weight excluding hydrogens is 522 g/mol. The van der Waals surface area contributed by atoms with Crippen LogP contribution in [-0.2, 0) is 34.1 Å². The van der Waals surface area contributed by atoms with E-state index in [-0.39, 0.29) is 40.8 Å². The van der Waals surface area contributed by atoms with Crippen molar-refractivity contribution in [1.29, 1.82) is 0 Å². The molecule has 190 valence electrons. The van der Waals surface area contributed by atoms with E-state index in [2.05, 4.69) is 10.3 Å². The van der Waals surface area contributed by atoms with Gasteiger partial charge < -0.3 is 10.1 Å². The second-order valence-electron chi connectivity index (χ2n) is 8.04. The third-order valence-electron chi connectivity index (χ3n) is 5.45. The second-order valence-corrected chi connectivity index (χ2v) is 10.4. The molecule has 0 bridgehead atoms. The minimum Gasteiger partial charge on any atom is -0.445 e. The monoisotopic (exact) mass is 542 g/mol. The molecule has 6 nitrogen and oxygen atoms in total. The van der Waals surface area contributed by atoms with Gasteiger partial charge in [0.05, 0.1) is 10.6 Å². The van der Waals surface area contributed by atoms with Crippen LogP contribution in [0.15, 0.2) is 94.9 Å². The lowest BCUT2D eigenvalue weighted by Crippen LogP contribution is -2.24. The van der Waals surface area contributed by atoms with Crippen molar-refractivity contribution >= 4 is 27.5 Å². The van der Waals surface area contributed by atoms with Gasteiger partial charge >= 0.3 is 6.09 Å². The van der Waals surface area contributed by atoms with E-state index in [0.29, 0.717) is 10.6 Å². The van der Waals surface area contributed by atoms with Crippen molar-refractivity contribution in [1.82, 2.24) is 10.3 Å². The van der Waals surface area contributed by atoms with Gasteiger partial charge in [-0.3, -0.25) is 0 Å². The van der Waals surface area contributed by atoms with Gasteiger partial charge in [-0.25, -0.2) is 27.0 Å². The molecule has 1 aromatic heterocycles. The largest absolute Gasteiger partial charge is 0.445 e. The Kier molecular flexibility index (Phi) is 8.15. The van der Waals surface area contributed by atoms with Crippen LogP contribution < -0.4 is 5.32 Å². The molecule has 4 rings (SSSR count). The molecule has 4 aromatic rings. The van der Waals surface area contributed by atoms with Gasteiger partial charge in [0, 0.05) is 23.6 Å². The number of carbonyl (C=O) groups is 1. The molecule has 1 N–H and O–H groups in total. The number of rotatable bonds is 8. The van der Waals surface area contributed by atoms with Gasteiger partial charge in [-0.15, -0.1) is 0 Å². The first-order valence-electron chi connectivity index (χ1n) is 11.1. The van der Waals surface area contributed by atoms with Crippen LogP contribution in [0, 0.1) is 11.6 Å². The maximum atomic E-state index is 14.4. The van der Waals surface area contributed by atoms with E-state index in [1.165, 1.54) is 36.4 Å². The molecule has 1 amide bonds. The minimum atomic E-state index is -4.03. The molecule has 0 aliphatic heterocycles. The smallest absolute Gasteiger partial charge is 0.407 e. The van der Waals surface area contributed by atoms with Crippen molar-refractivity contribution < 1.29 is 26.7 Å². The summed E-state index contributed by atoms with van der Waals surface area (Å²) < 4.78 is 59.7. The summed E-state index contributed by atoms with van der Waals surface area (Å²) in [6.07, 6.45) is -0.928. The molecular formula is C27H21ClF2N2O4S. The number of aromatic nitrogens is 1. The summed E-state index contributed by atoms with van der Waals surface area (Å²) in [5, 5.41) is 2.69. The summed E-state index contributed by atoms with van der Waals surface area (Å²) in [4.78, 5) is 16.5. The zero-order valence-corrected chi connectivity index (χ0v) is 20.9. The van der Waals surface area contributed by atoms with Crippen LogP contribution in [0.5, 0.6) is 0 Å². The number of hydrogen-bond donors (Lipinski definition) is 1. The van der Waals surface area contributed by atoms with Gasteiger partial charge in [0.15, 0.2) is 5.03 Å². The molecule has 0 unspecified atom stereocenters. The number of sulfone groups is 1. The molecule has 0 aliphatic rings. The third kappa shape index (κ3) is 6.69. The summed E-state index contributed by atoms with van der Waals surface area (Å²) in [5.41, 5.74) is 1.31. The number of ether oxygens (including phenoxy) is 1. The number of hydrogen-bond acceptors (Lipinski definition) is 5. The van der Waals surface area contributed by atoms with Crippen LogP contribution in [0.3, 0.4) is 0 Å². The summed E-state index contributed by atoms with van der Waals surface area (Å²) in [6.45, 7) is -0.0152. The zero-order chi connectivity index (χ0) is 26.4. The lowest BCUT2D eigenvalue weighted by Gasteiger charge is -2.13. The van der Waals surface area contributed by atoms with Crippen LogP contribution in [0.4, 0.5) is 13.6 Å². The summed E-state index contributed by atoms with van der Waals surface area (Å²) in [5.74, 6) is -1.33. The Morgan fingerprint density at radius 1 is 0.919 bits per heavy atom. The number of nitrogens with one attached hydrogen (secondary N) is 1. The van der Waals surface area contributed by atoms with E-state index in [1.807, 2.05) is 30.3 Å². The van der Waals surface area contributed by atoms with E-state index >= 15 is 0 Å². The fourth-order valence-corrected chi connectivity index (χ4v) is 4.84. The van der Waals surface area contributed by atoms with E-state index in [4.69, 9.17) is 16.3 Å². The first-order chi connectivity index (χ1) is 17.7. The van der Waals surface area contributed by atoms with Gasteiger partial charge in [-0.05, 0) is 59.7 Å². The fraction of sp³-hybridized carbons (Fsp3) is 0.111. The molecule has 0 radical (unpaired) electrons. The average Bonchev–Trinajstić information content (AvgIpc) is 2.89. The van der Waals surface area contributed by atoms with E-state index < -0.39 is 27.6 Å². The molecule has 0 fully saturated rings. The van der Waals surface area contributed by atoms with Gasteiger partial charge in [0.1, 0.15) is 18.2 Å². The number of carbonyl (C=O) groups excluding carboxylic acids is 1.